The molecule has 1 heteroatoms. The van der Waals surface area contributed by atoms with Gasteiger partial charge >= 0.3 is 0 Å². The lowest BCUT2D eigenvalue weighted by Crippen LogP contribution is -2.48. The van der Waals surface area contributed by atoms with Crippen LogP contribution in [0.2, 0.25) is 0 Å². The minimum absolute atomic E-state index is 0.142. The predicted octanol–water partition coefficient (Wildman–Crippen LogP) is 15.7. The van der Waals surface area contributed by atoms with Crippen molar-refractivity contribution in [2.45, 2.75) is 75.5 Å². The van der Waals surface area contributed by atoms with Crippen molar-refractivity contribution in [1.82, 2.24) is 0 Å². The van der Waals surface area contributed by atoms with E-state index in [0.717, 1.165) is 24.2 Å². The fourth-order valence-electron chi connectivity index (χ4n) is 12.9. The number of hydrogen-bond acceptors (Lipinski definition) is 1. The molecule has 0 saturated heterocycles. The second-order valence-electron chi connectivity index (χ2n) is 19.6. The predicted molar refractivity (Wildman–Crippen MR) is 252 cm³/mol. The maximum atomic E-state index is 2.50. The first-order chi connectivity index (χ1) is 29.4. The standard InChI is InChI=1S/C59H53N/c1-58(2)56-34-49(45-14-21-50(22-15-45)59-36-39-30-40(37-59)32-41(31-39)38-59)20-28-54(56)55-29-27-53(35-57(55)58)60(51-23-16-44(17-24-51)42-8-4-3-5-9-42)52-25-18-46(19-26-52)48-13-12-43-10-6-7-11-47(43)33-48/h3-16,18-29,33-35,39-41,44H,17,30-32,36-38H2,1-2H3. The van der Waals surface area contributed by atoms with Gasteiger partial charge in [0.25, 0.3) is 0 Å². The van der Waals surface area contributed by atoms with Crippen LogP contribution < -0.4 is 4.90 Å². The summed E-state index contributed by atoms with van der Waals surface area (Å²) in [5.41, 5.74) is 17.5. The van der Waals surface area contributed by atoms with Crippen LogP contribution in [-0.2, 0) is 10.8 Å². The lowest BCUT2D eigenvalue weighted by molar-refractivity contribution is -0.00518. The Balaban J connectivity index is 0.872. The summed E-state index contributed by atoms with van der Waals surface area (Å²) in [6, 6.07) is 59.8. The molecule has 1 unspecified atom stereocenters. The normalized spacial score (nSPS) is 24.3. The molecule has 0 aliphatic heterocycles. The summed E-state index contributed by atoms with van der Waals surface area (Å²) >= 11 is 0. The summed E-state index contributed by atoms with van der Waals surface area (Å²) in [7, 11) is 0. The molecule has 0 N–H and O–H groups in total. The first kappa shape index (κ1) is 36.0. The van der Waals surface area contributed by atoms with E-state index in [1.54, 1.807) is 5.56 Å². The fraction of sp³-hybridized carbons (Fsp3) is 0.254. The van der Waals surface area contributed by atoms with Crippen LogP contribution in [-0.4, -0.2) is 0 Å². The fourth-order valence-corrected chi connectivity index (χ4v) is 12.9. The summed E-state index contributed by atoms with van der Waals surface area (Å²) in [6.45, 7) is 4.85. The number of benzene rings is 7. The zero-order chi connectivity index (χ0) is 40.0. The van der Waals surface area contributed by atoms with Gasteiger partial charge in [-0.05, 0) is 177 Å². The van der Waals surface area contributed by atoms with Crippen LogP contribution in [0.5, 0.6) is 0 Å². The van der Waals surface area contributed by atoms with Gasteiger partial charge in [0.1, 0.15) is 0 Å². The van der Waals surface area contributed by atoms with E-state index in [1.165, 1.54) is 116 Å². The highest BCUT2D eigenvalue weighted by Gasteiger charge is 2.51. The summed E-state index contributed by atoms with van der Waals surface area (Å²) in [5.74, 6) is 3.28. The van der Waals surface area contributed by atoms with E-state index in [2.05, 4.69) is 195 Å². The lowest BCUT2D eigenvalue weighted by Gasteiger charge is -2.57. The molecule has 0 radical (unpaired) electrons. The number of fused-ring (bicyclic) bond motifs is 4. The van der Waals surface area contributed by atoms with Crippen LogP contribution >= 0.6 is 0 Å². The second kappa shape index (κ2) is 13.8. The molecular weight excluding hydrogens is 723 g/mol. The molecule has 13 rings (SSSR count). The third-order valence-electron chi connectivity index (χ3n) is 15.6. The Kier molecular flexibility index (Phi) is 8.28. The number of rotatable bonds is 7. The zero-order valence-corrected chi connectivity index (χ0v) is 34.9. The van der Waals surface area contributed by atoms with Gasteiger partial charge in [-0.1, -0.05) is 147 Å². The van der Waals surface area contributed by atoms with Gasteiger partial charge in [-0.3, -0.25) is 0 Å². The van der Waals surface area contributed by atoms with Crippen LogP contribution in [0.1, 0.15) is 87.0 Å². The van der Waals surface area contributed by atoms with Gasteiger partial charge < -0.3 is 4.90 Å². The molecule has 60 heavy (non-hydrogen) atoms. The van der Waals surface area contributed by atoms with Crippen molar-refractivity contribution in [2.75, 3.05) is 4.90 Å². The average Bonchev–Trinajstić information content (AvgIpc) is 3.51. The summed E-state index contributed by atoms with van der Waals surface area (Å²) < 4.78 is 0. The largest absolute Gasteiger partial charge is 0.311 e. The van der Waals surface area contributed by atoms with Crippen LogP contribution in [0.4, 0.5) is 11.4 Å². The number of nitrogens with zero attached hydrogens (tertiary/aromatic N) is 1. The molecule has 0 spiro atoms. The van der Waals surface area contributed by atoms with Gasteiger partial charge in [0.05, 0.1) is 0 Å². The van der Waals surface area contributed by atoms with Gasteiger partial charge in [-0.15, -0.1) is 0 Å². The molecule has 0 amide bonds. The molecule has 6 aliphatic carbocycles. The van der Waals surface area contributed by atoms with Crippen molar-refractivity contribution in [3.63, 3.8) is 0 Å². The molecule has 7 aromatic rings. The van der Waals surface area contributed by atoms with Gasteiger partial charge in [-0.25, -0.2) is 0 Å². The van der Waals surface area contributed by atoms with Crippen LogP contribution in [0.15, 0.2) is 182 Å². The number of anilines is 2. The van der Waals surface area contributed by atoms with E-state index in [1.807, 2.05) is 0 Å². The van der Waals surface area contributed by atoms with Crippen LogP contribution in [0.25, 0.3) is 44.2 Å². The minimum Gasteiger partial charge on any atom is -0.311 e. The summed E-state index contributed by atoms with van der Waals surface area (Å²) in [4.78, 5) is 2.47. The summed E-state index contributed by atoms with van der Waals surface area (Å²) in [5, 5.41) is 2.54. The van der Waals surface area contributed by atoms with E-state index in [9.17, 15) is 0 Å². The van der Waals surface area contributed by atoms with Gasteiger partial charge in [-0.2, -0.15) is 0 Å². The molecule has 4 fully saturated rings. The van der Waals surface area contributed by atoms with E-state index in [4.69, 9.17) is 0 Å². The van der Waals surface area contributed by atoms with Crippen molar-refractivity contribution < 1.29 is 0 Å². The second-order valence-corrected chi connectivity index (χ2v) is 19.6. The van der Waals surface area contributed by atoms with Gasteiger partial charge in [0.2, 0.25) is 0 Å². The van der Waals surface area contributed by atoms with E-state index < -0.39 is 0 Å². The van der Waals surface area contributed by atoms with E-state index >= 15 is 0 Å². The molecule has 4 saturated carbocycles. The van der Waals surface area contributed by atoms with Crippen molar-refractivity contribution in [3.8, 4) is 33.4 Å². The van der Waals surface area contributed by atoms with Crippen molar-refractivity contribution in [3.05, 3.63) is 204 Å². The minimum atomic E-state index is -0.142. The molecule has 4 bridgehead atoms. The topological polar surface area (TPSA) is 3.24 Å². The molecule has 0 heterocycles. The number of hydrogen-bond donors (Lipinski definition) is 0. The Morgan fingerprint density at radius 2 is 1.07 bits per heavy atom. The summed E-state index contributed by atoms with van der Waals surface area (Å²) in [6.07, 6.45) is 16.9. The Hall–Kier alpha value is -5.92. The van der Waals surface area contributed by atoms with Crippen molar-refractivity contribution in [1.29, 1.82) is 0 Å². The Labute approximate surface area is 356 Å². The molecular formula is C59H53N. The van der Waals surface area contributed by atoms with Gasteiger partial charge in [0, 0.05) is 28.4 Å². The monoisotopic (exact) mass is 775 g/mol. The third-order valence-corrected chi connectivity index (χ3v) is 15.6. The van der Waals surface area contributed by atoms with Crippen LogP contribution in [0, 0.1) is 17.8 Å². The van der Waals surface area contributed by atoms with Gasteiger partial charge in [0.15, 0.2) is 0 Å². The Morgan fingerprint density at radius 3 is 1.75 bits per heavy atom. The van der Waals surface area contributed by atoms with Crippen LogP contribution in [0.3, 0.4) is 0 Å². The SMILES string of the molecule is CC1(C)c2cc(-c3ccc(C45CC6CC(CC(C6)C4)C5)cc3)ccc2-c2ccc(N(C3=CCC(c4ccccc4)C=C3)c3ccc(-c4ccc5ccccc5c4)cc3)cc21. The van der Waals surface area contributed by atoms with Crippen molar-refractivity contribution >= 4 is 22.1 Å². The highest BCUT2D eigenvalue weighted by molar-refractivity contribution is 5.89. The Morgan fingerprint density at radius 1 is 0.500 bits per heavy atom. The maximum Gasteiger partial charge on any atom is 0.0464 e. The first-order valence-electron chi connectivity index (χ1n) is 22.6. The van der Waals surface area contributed by atoms with E-state index in [0.29, 0.717) is 11.3 Å². The molecule has 1 nitrogen and oxygen atoms in total. The Bertz CT molecular complexity index is 2800. The smallest absolute Gasteiger partial charge is 0.0464 e. The maximum absolute atomic E-state index is 2.50. The quantitative estimate of drug-likeness (QED) is 0.156. The van der Waals surface area contributed by atoms with Crippen molar-refractivity contribution in [2.24, 2.45) is 17.8 Å². The number of allylic oxidation sites excluding steroid dienone is 3. The first-order valence-corrected chi connectivity index (χ1v) is 22.6. The highest BCUT2D eigenvalue weighted by atomic mass is 15.1. The lowest BCUT2D eigenvalue weighted by atomic mass is 9.48. The average molecular weight is 776 g/mol. The highest BCUT2D eigenvalue weighted by Crippen LogP contribution is 2.61. The molecule has 7 aromatic carbocycles. The molecule has 6 aliphatic rings. The van der Waals surface area contributed by atoms with E-state index in [-0.39, 0.29) is 5.41 Å². The molecule has 0 aromatic heterocycles. The molecule has 1 atom stereocenters. The zero-order valence-electron chi connectivity index (χ0n) is 34.9. The third kappa shape index (κ3) is 5.95. The molecule has 294 valence electrons.